The average Bonchev–Trinajstić information content (AvgIpc) is 2.46. The maximum absolute atomic E-state index is 9.24. The molecule has 1 aliphatic heterocycles. The fourth-order valence-electron chi connectivity index (χ4n) is 3.05. The lowest BCUT2D eigenvalue weighted by Gasteiger charge is -2.38. The lowest BCUT2D eigenvalue weighted by atomic mass is 9.80. The van der Waals surface area contributed by atoms with E-state index in [1.165, 1.54) is 25.0 Å². The number of nitrogens with one attached hydrogen (secondary N) is 2. The van der Waals surface area contributed by atoms with E-state index in [0.717, 1.165) is 17.8 Å². The van der Waals surface area contributed by atoms with Gasteiger partial charge in [0, 0.05) is 17.7 Å². The first-order chi connectivity index (χ1) is 8.90. The molecule has 0 amide bonds. The van der Waals surface area contributed by atoms with E-state index in [2.05, 4.69) is 28.8 Å². The van der Waals surface area contributed by atoms with Crippen LogP contribution in [0.25, 0.3) is 0 Å². The maximum atomic E-state index is 9.24. The van der Waals surface area contributed by atoms with Gasteiger partial charge in [-0.15, -0.1) is 0 Å². The van der Waals surface area contributed by atoms with E-state index in [4.69, 9.17) is 0 Å². The summed E-state index contributed by atoms with van der Waals surface area (Å²) in [5.74, 6) is 0.488. The average molecular weight is 239 g/mol. The van der Waals surface area contributed by atoms with Crippen molar-refractivity contribution in [3.63, 3.8) is 0 Å². The van der Waals surface area contributed by atoms with E-state index in [9.17, 15) is 5.26 Å². The van der Waals surface area contributed by atoms with Gasteiger partial charge in [0.15, 0.2) is 0 Å². The van der Waals surface area contributed by atoms with Gasteiger partial charge in [0.05, 0.1) is 18.3 Å². The summed E-state index contributed by atoms with van der Waals surface area (Å²) in [5, 5.41) is 16.2. The number of nitrogens with zero attached hydrogens (tertiary/aromatic N) is 1. The zero-order valence-corrected chi connectivity index (χ0v) is 10.3. The lowest BCUT2D eigenvalue weighted by molar-refractivity contribution is 0.301. The molecule has 0 aromatic heterocycles. The van der Waals surface area contributed by atoms with Crippen LogP contribution in [0, 0.1) is 17.2 Å². The van der Waals surface area contributed by atoms with Crippen LogP contribution in [-0.2, 0) is 0 Å². The van der Waals surface area contributed by atoms with Gasteiger partial charge in [-0.2, -0.15) is 5.26 Å². The van der Waals surface area contributed by atoms with E-state index >= 15 is 0 Å². The van der Waals surface area contributed by atoms with Gasteiger partial charge in [-0.25, -0.2) is 0 Å². The van der Waals surface area contributed by atoms with Crippen molar-refractivity contribution in [1.29, 1.82) is 5.26 Å². The molecule has 2 aliphatic rings. The molecule has 2 N–H and O–H groups in total. The molecule has 3 rings (SSSR count). The Balaban J connectivity index is 1.98. The van der Waals surface area contributed by atoms with Gasteiger partial charge >= 0.3 is 0 Å². The van der Waals surface area contributed by atoms with Gasteiger partial charge in [-0.3, -0.25) is 5.32 Å². The van der Waals surface area contributed by atoms with Crippen molar-refractivity contribution in [2.24, 2.45) is 5.92 Å². The zero-order chi connectivity index (χ0) is 12.4. The summed E-state index contributed by atoms with van der Waals surface area (Å²) < 4.78 is 0. The van der Waals surface area contributed by atoms with Crippen LogP contribution < -0.4 is 10.6 Å². The van der Waals surface area contributed by atoms with E-state index < -0.39 is 0 Å². The van der Waals surface area contributed by atoms with E-state index in [1.807, 2.05) is 18.2 Å². The topological polar surface area (TPSA) is 47.9 Å². The van der Waals surface area contributed by atoms with Crippen molar-refractivity contribution < 1.29 is 0 Å². The predicted molar refractivity (Wildman–Crippen MR) is 70.5 cm³/mol. The number of allylic oxidation sites excluding steroid dienone is 1. The molecule has 1 saturated heterocycles. The fraction of sp³-hybridized carbons (Fsp3) is 0.400. The van der Waals surface area contributed by atoms with Crippen LogP contribution in [0.15, 0.2) is 36.0 Å². The number of hydrogen-bond donors (Lipinski definition) is 2. The van der Waals surface area contributed by atoms with Gasteiger partial charge < -0.3 is 5.32 Å². The Morgan fingerprint density at radius 3 is 3.06 bits per heavy atom. The monoisotopic (exact) mass is 239 g/mol. The molecule has 3 nitrogen and oxygen atoms in total. The molecule has 1 heterocycles. The molecule has 3 heteroatoms. The highest BCUT2D eigenvalue weighted by molar-refractivity contribution is 5.41. The molecule has 0 spiro atoms. The van der Waals surface area contributed by atoms with Gasteiger partial charge in [-0.1, -0.05) is 24.3 Å². The summed E-state index contributed by atoms with van der Waals surface area (Å²) in [6, 6.07) is 10.5. The molecule has 92 valence electrons. The minimum absolute atomic E-state index is 0.272. The molecule has 2 unspecified atom stereocenters. The highest BCUT2D eigenvalue weighted by Crippen LogP contribution is 2.37. The summed E-state index contributed by atoms with van der Waals surface area (Å²) in [7, 11) is 0. The first kappa shape index (κ1) is 11.3. The van der Waals surface area contributed by atoms with E-state index in [1.54, 1.807) is 0 Å². The van der Waals surface area contributed by atoms with Crippen LogP contribution in [0.5, 0.6) is 0 Å². The number of benzene rings is 1. The molecule has 0 saturated carbocycles. The van der Waals surface area contributed by atoms with Crippen LogP contribution in [-0.4, -0.2) is 6.67 Å². The van der Waals surface area contributed by atoms with Crippen molar-refractivity contribution in [2.45, 2.75) is 25.3 Å². The van der Waals surface area contributed by atoms with Gasteiger partial charge in [-0.05, 0) is 30.9 Å². The fourth-order valence-corrected chi connectivity index (χ4v) is 3.05. The standard InChI is InChI=1S/C15H17N3/c16-9-11-5-1-2-6-12(11)15-13-7-3-4-8-14(13)17-10-18-15/h1-2,5-6,8,13,15,17-18H,3-4,7,10H2. The molecular weight excluding hydrogens is 222 g/mol. The van der Waals surface area contributed by atoms with Crippen LogP contribution >= 0.6 is 0 Å². The third kappa shape index (κ3) is 1.89. The van der Waals surface area contributed by atoms with Crippen molar-refractivity contribution in [2.75, 3.05) is 6.67 Å². The smallest absolute Gasteiger partial charge is 0.0995 e. The van der Waals surface area contributed by atoms with Crippen molar-refractivity contribution in [3.8, 4) is 6.07 Å². The molecule has 2 atom stereocenters. The van der Waals surface area contributed by atoms with Crippen molar-refractivity contribution in [3.05, 3.63) is 47.2 Å². The normalized spacial score (nSPS) is 26.5. The Morgan fingerprint density at radius 1 is 1.28 bits per heavy atom. The predicted octanol–water partition coefficient (Wildman–Crippen LogP) is 2.43. The van der Waals surface area contributed by atoms with Crippen LogP contribution in [0.4, 0.5) is 0 Å². The largest absolute Gasteiger partial charge is 0.376 e. The molecule has 1 aliphatic carbocycles. The maximum Gasteiger partial charge on any atom is 0.0995 e. The summed E-state index contributed by atoms with van der Waals surface area (Å²) in [6.45, 7) is 0.784. The Kier molecular flexibility index (Phi) is 3.04. The molecule has 18 heavy (non-hydrogen) atoms. The zero-order valence-electron chi connectivity index (χ0n) is 10.3. The lowest BCUT2D eigenvalue weighted by Crippen LogP contribution is -2.45. The third-order valence-corrected chi connectivity index (χ3v) is 3.92. The van der Waals surface area contributed by atoms with Crippen LogP contribution in [0.3, 0.4) is 0 Å². The second-order valence-electron chi connectivity index (χ2n) is 4.93. The van der Waals surface area contributed by atoms with Gasteiger partial charge in [0.25, 0.3) is 0 Å². The Labute approximate surface area is 108 Å². The Bertz CT molecular complexity index is 513. The number of hydrogen-bond acceptors (Lipinski definition) is 3. The highest BCUT2D eigenvalue weighted by atomic mass is 15.1. The number of rotatable bonds is 1. The van der Waals surface area contributed by atoms with Crippen molar-refractivity contribution in [1.82, 2.24) is 10.6 Å². The number of nitriles is 1. The summed E-state index contributed by atoms with van der Waals surface area (Å²) >= 11 is 0. The molecule has 0 radical (unpaired) electrons. The number of fused-ring (bicyclic) bond motifs is 1. The van der Waals surface area contributed by atoms with Crippen LogP contribution in [0.1, 0.15) is 36.4 Å². The first-order valence-electron chi connectivity index (χ1n) is 6.56. The molecular formula is C15H17N3. The van der Waals surface area contributed by atoms with Crippen molar-refractivity contribution >= 4 is 0 Å². The molecule has 1 aromatic rings. The van der Waals surface area contributed by atoms with Gasteiger partial charge in [0.1, 0.15) is 0 Å². The quantitative estimate of drug-likeness (QED) is 0.791. The second kappa shape index (κ2) is 4.83. The van der Waals surface area contributed by atoms with Gasteiger partial charge in [0.2, 0.25) is 0 Å². The third-order valence-electron chi connectivity index (χ3n) is 3.92. The highest BCUT2D eigenvalue weighted by Gasteiger charge is 2.31. The Hall–Kier alpha value is -1.79. The summed E-state index contributed by atoms with van der Waals surface area (Å²) in [5.41, 5.74) is 3.29. The second-order valence-corrected chi connectivity index (χ2v) is 4.93. The molecule has 0 bridgehead atoms. The van der Waals surface area contributed by atoms with E-state index in [0.29, 0.717) is 5.92 Å². The SMILES string of the molecule is N#Cc1ccccc1C1NCNC2=CCCCC21. The minimum Gasteiger partial charge on any atom is -0.376 e. The summed E-state index contributed by atoms with van der Waals surface area (Å²) in [4.78, 5) is 0. The minimum atomic E-state index is 0.272. The first-order valence-corrected chi connectivity index (χ1v) is 6.56. The van der Waals surface area contributed by atoms with Crippen LogP contribution in [0.2, 0.25) is 0 Å². The molecule has 1 fully saturated rings. The van der Waals surface area contributed by atoms with E-state index in [-0.39, 0.29) is 6.04 Å². The molecule has 1 aromatic carbocycles. The summed E-state index contributed by atoms with van der Waals surface area (Å²) in [6.07, 6.45) is 5.92. The Morgan fingerprint density at radius 2 is 2.17 bits per heavy atom.